The van der Waals surface area contributed by atoms with Gasteiger partial charge in [-0.05, 0) is 49.4 Å². The largest absolute Gasteiger partial charge is 0.416 e. The molecule has 0 bridgehead atoms. The maximum atomic E-state index is 13.2. The Morgan fingerprint density at radius 3 is 2.16 bits per heavy atom. The summed E-state index contributed by atoms with van der Waals surface area (Å²) < 4.78 is 67.0. The van der Waals surface area contributed by atoms with E-state index in [9.17, 15) is 26.4 Å². The number of halogens is 3. The molecular formula is C21H18F3N3O3S. The lowest BCUT2D eigenvalue weighted by Crippen LogP contribution is -2.30. The number of rotatable bonds is 6. The Morgan fingerprint density at radius 2 is 1.55 bits per heavy atom. The molecule has 0 unspecified atom stereocenters. The Morgan fingerprint density at radius 1 is 0.903 bits per heavy atom. The average Bonchev–Trinajstić information content (AvgIpc) is 2.72. The van der Waals surface area contributed by atoms with Crippen molar-refractivity contribution in [2.24, 2.45) is 0 Å². The molecule has 31 heavy (non-hydrogen) atoms. The molecule has 3 N–H and O–H groups in total. The number of carbonyl (C=O) groups is 1. The van der Waals surface area contributed by atoms with Crippen LogP contribution in [0.5, 0.6) is 0 Å². The van der Waals surface area contributed by atoms with Crippen LogP contribution in [-0.2, 0) is 16.2 Å². The molecule has 3 aromatic carbocycles. The molecule has 0 fully saturated rings. The van der Waals surface area contributed by atoms with Gasteiger partial charge in [-0.3, -0.25) is 20.4 Å². The molecule has 6 nitrogen and oxygen atoms in total. The first-order valence-corrected chi connectivity index (χ1v) is 10.5. The molecule has 3 aromatic rings. The van der Waals surface area contributed by atoms with Crippen LogP contribution in [0.4, 0.5) is 24.5 Å². The van der Waals surface area contributed by atoms with Gasteiger partial charge in [0.05, 0.1) is 27.4 Å². The molecule has 162 valence electrons. The van der Waals surface area contributed by atoms with E-state index in [4.69, 9.17) is 0 Å². The smallest absolute Gasteiger partial charge is 0.298 e. The van der Waals surface area contributed by atoms with Crippen LogP contribution in [-0.4, -0.2) is 14.3 Å². The lowest BCUT2D eigenvalue weighted by Gasteiger charge is -2.16. The van der Waals surface area contributed by atoms with Crippen molar-refractivity contribution in [3.05, 3.63) is 89.5 Å². The zero-order valence-corrected chi connectivity index (χ0v) is 17.0. The van der Waals surface area contributed by atoms with Gasteiger partial charge in [0.25, 0.3) is 15.9 Å². The van der Waals surface area contributed by atoms with Crippen molar-refractivity contribution < 1.29 is 26.4 Å². The van der Waals surface area contributed by atoms with Crippen LogP contribution >= 0.6 is 0 Å². The fourth-order valence-electron chi connectivity index (χ4n) is 2.64. The summed E-state index contributed by atoms with van der Waals surface area (Å²) in [5.74, 6) is -0.948. The van der Waals surface area contributed by atoms with Crippen LogP contribution < -0.4 is 15.6 Å². The summed E-state index contributed by atoms with van der Waals surface area (Å²) in [6, 6.07) is 16.5. The normalized spacial score (nSPS) is 11.6. The number of para-hydroxylation sites is 1. The minimum absolute atomic E-state index is 0.0910. The van der Waals surface area contributed by atoms with E-state index in [2.05, 4.69) is 15.6 Å². The number of benzene rings is 3. The number of carbonyl (C=O) groups excluding carboxylic acids is 1. The first-order chi connectivity index (χ1) is 14.6. The first-order valence-electron chi connectivity index (χ1n) is 8.98. The molecule has 0 saturated heterocycles. The fourth-order valence-corrected chi connectivity index (χ4v) is 3.72. The second kappa shape index (κ2) is 8.68. The molecule has 0 spiro atoms. The zero-order chi connectivity index (χ0) is 22.6. The van der Waals surface area contributed by atoms with Crippen molar-refractivity contribution in [3.8, 4) is 0 Å². The van der Waals surface area contributed by atoms with Gasteiger partial charge in [-0.1, -0.05) is 35.9 Å². The SMILES string of the molecule is Cc1ccc(S(=O)(=O)Nc2ccc(C(F)(F)F)cc2C(=O)NNc2ccccc2)cc1. The second-order valence-electron chi connectivity index (χ2n) is 6.62. The van der Waals surface area contributed by atoms with Crippen molar-refractivity contribution >= 4 is 27.3 Å². The van der Waals surface area contributed by atoms with Gasteiger partial charge in [0.1, 0.15) is 0 Å². The van der Waals surface area contributed by atoms with Crippen LogP contribution in [0.1, 0.15) is 21.5 Å². The highest BCUT2D eigenvalue weighted by Gasteiger charge is 2.32. The number of alkyl halides is 3. The standard InChI is InChI=1S/C21H18F3N3O3S/c1-14-7-10-17(11-8-14)31(29,30)27-19-12-9-15(21(22,23)24)13-18(19)20(28)26-25-16-5-3-2-4-6-16/h2-13,25,27H,1H3,(H,26,28). The Hall–Kier alpha value is -3.53. The number of anilines is 2. The van der Waals surface area contributed by atoms with E-state index in [1.54, 1.807) is 49.4 Å². The summed E-state index contributed by atoms with van der Waals surface area (Å²) in [7, 11) is -4.13. The van der Waals surface area contributed by atoms with Crippen molar-refractivity contribution in [3.63, 3.8) is 0 Å². The van der Waals surface area contributed by atoms with Gasteiger partial charge < -0.3 is 0 Å². The van der Waals surface area contributed by atoms with E-state index in [0.717, 1.165) is 11.6 Å². The maximum Gasteiger partial charge on any atom is 0.416 e. The third-order valence-corrected chi connectivity index (χ3v) is 5.64. The topological polar surface area (TPSA) is 87.3 Å². The molecule has 0 aliphatic heterocycles. The van der Waals surface area contributed by atoms with Gasteiger partial charge in [-0.2, -0.15) is 13.2 Å². The number of nitrogens with one attached hydrogen (secondary N) is 3. The summed E-state index contributed by atoms with van der Waals surface area (Å²) in [6.45, 7) is 1.78. The summed E-state index contributed by atoms with van der Waals surface area (Å²) >= 11 is 0. The Balaban J connectivity index is 1.93. The van der Waals surface area contributed by atoms with Gasteiger partial charge in [-0.15, -0.1) is 0 Å². The summed E-state index contributed by atoms with van der Waals surface area (Å²) in [5, 5.41) is 0. The average molecular weight is 449 g/mol. The molecular weight excluding hydrogens is 431 g/mol. The predicted molar refractivity (Wildman–Crippen MR) is 111 cm³/mol. The number of aryl methyl sites for hydroxylation is 1. The van der Waals surface area contributed by atoms with Crippen LogP contribution in [0.25, 0.3) is 0 Å². The van der Waals surface area contributed by atoms with E-state index in [1.807, 2.05) is 0 Å². The summed E-state index contributed by atoms with van der Waals surface area (Å²) in [6.07, 6.45) is -4.71. The van der Waals surface area contributed by atoms with E-state index in [0.29, 0.717) is 17.8 Å². The van der Waals surface area contributed by atoms with Crippen LogP contribution in [0.2, 0.25) is 0 Å². The molecule has 1 amide bonds. The Kier molecular flexibility index (Phi) is 6.21. The van der Waals surface area contributed by atoms with E-state index in [1.165, 1.54) is 12.1 Å². The summed E-state index contributed by atoms with van der Waals surface area (Å²) in [5.41, 5.74) is 4.30. The number of amides is 1. The van der Waals surface area contributed by atoms with Gasteiger partial charge in [0, 0.05) is 0 Å². The lowest BCUT2D eigenvalue weighted by molar-refractivity contribution is -0.137. The zero-order valence-electron chi connectivity index (χ0n) is 16.2. The van der Waals surface area contributed by atoms with Gasteiger partial charge in [0.2, 0.25) is 0 Å². The quantitative estimate of drug-likeness (QED) is 0.481. The number of hydrogen-bond acceptors (Lipinski definition) is 4. The summed E-state index contributed by atoms with van der Waals surface area (Å²) in [4.78, 5) is 12.5. The molecule has 0 aromatic heterocycles. The van der Waals surface area contributed by atoms with Gasteiger partial charge in [0.15, 0.2) is 0 Å². The molecule has 0 heterocycles. The van der Waals surface area contributed by atoms with Crippen LogP contribution in [0.15, 0.2) is 77.7 Å². The highest BCUT2D eigenvalue weighted by atomic mass is 32.2. The number of sulfonamides is 1. The first kappa shape index (κ1) is 22.2. The highest BCUT2D eigenvalue weighted by Crippen LogP contribution is 2.32. The Bertz CT molecular complexity index is 1180. The van der Waals surface area contributed by atoms with E-state index in [-0.39, 0.29) is 10.6 Å². The molecule has 0 aliphatic carbocycles. The van der Waals surface area contributed by atoms with Gasteiger partial charge >= 0.3 is 6.18 Å². The van der Waals surface area contributed by atoms with E-state index < -0.39 is 33.2 Å². The fraction of sp³-hybridized carbons (Fsp3) is 0.0952. The molecule has 0 radical (unpaired) electrons. The minimum Gasteiger partial charge on any atom is -0.298 e. The molecule has 0 aliphatic rings. The lowest BCUT2D eigenvalue weighted by atomic mass is 10.1. The Labute approximate surface area is 177 Å². The van der Waals surface area contributed by atoms with Gasteiger partial charge in [-0.25, -0.2) is 8.42 Å². The second-order valence-corrected chi connectivity index (χ2v) is 8.30. The number of hydrogen-bond donors (Lipinski definition) is 3. The van der Waals surface area contributed by atoms with Crippen molar-refractivity contribution in [2.45, 2.75) is 18.0 Å². The van der Waals surface area contributed by atoms with Crippen molar-refractivity contribution in [1.29, 1.82) is 0 Å². The van der Waals surface area contributed by atoms with Crippen LogP contribution in [0, 0.1) is 6.92 Å². The third-order valence-electron chi connectivity index (χ3n) is 4.26. The van der Waals surface area contributed by atoms with E-state index >= 15 is 0 Å². The van der Waals surface area contributed by atoms with Crippen LogP contribution in [0.3, 0.4) is 0 Å². The maximum absolute atomic E-state index is 13.2. The van der Waals surface area contributed by atoms with Crippen molar-refractivity contribution in [2.75, 3.05) is 10.1 Å². The predicted octanol–water partition coefficient (Wildman–Crippen LogP) is 4.57. The minimum atomic E-state index is -4.71. The molecule has 3 rings (SSSR count). The molecule has 10 heteroatoms. The van der Waals surface area contributed by atoms with Crippen molar-refractivity contribution in [1.82, 2.24) is 5.43 Å². The third kappa shape index (κ3) is 5.54. The molecule has 0 saturated carbocycles. The molecule has 0 atom stereocenters. The highest BCUT2D eigenvalue weighted by molar-refractivity contribution is 7.92. The number of hydrazine groups is 1. The monoisotopic (exact) mass is 449 g/mol.